The van der Waals surface area contributed by atoms with E-state index < -0.39 is 0 Å². The number of halogens is 1. The summed E-state index contributed by atoms with van der Waals surface area (Å²) in [5.41, 5.74) is 2.87. The van der Waals surface area contributed by atoms with Crippen molar-refractivity contribution in [3.63, 3.8) is 0 Å². The van der Waals surface area contributed by atoms with Crippen LogP contribution in [0, 0.1) is 6.92 Å². The second kappa shape index (κ2) is 6.02. The molecule has 0 unspecified atom stereocenters. The summed E-state index contributed by atoms with van der Waals surface area (Å²) in [5.74, 6) is 1.60. The van der Waals surface area contributed by atoms with E-state index in [0.29, 0.717) is 11.6 Å². The lowest BCUT2D eigenvalue weighted by Gasteiger charge is -2.07. The first kappa shape index (κ1) is 13.7. The van der Waals surface area contributed by atoms with Gasteiger partial charge in [0.05, 0.1) is 0 Å². The molecule has 0 aliphatic rings. The van der Waals surface area contributed by atoms with Crippen LogP contribution < -0.4 is 4.74 Å². The van der Waals surface area contributed by atoms with Gasteiger partial charge in [0, 0.05) is 16.7 Å². The highest BCUT2D eigenvalue weighted by molar-refractivity contribution is 6.30. The predicted molar refractivity (Wildman–Crippen MR) is 82.5 cm³/mol. The molecule has 3 aromatic rings. The van der Waals surface area contributed by atoms with E-state index >= 15 is 0 Å². The van der Waals surface area contributed by atoms with E-state index in [1.165, 1.54) is 0 Å². The third-order valence-electron chi connectivity index (χ3n) is 3.07. The molecular formula is C17H14ClNO2. The Hall–Kier alpha value is -2.26. The number of aryl methyl sites for hydroxylation is 1. The first-order chi connectivity index (χ1) is 10.2. The number of rotatable bonds is 4. The van der Waals surface area contributed by atoms with E-state index in [1.807, 2.05) is 61.5 Å². The molecule has 0 radical (unpaired) electrons. The first-order valence-electron chi connectivity index (χ1n) is 6.62. The Morgan fingerprint density at radius 1 is 1.10 bits per heavy atom. The molecule has 0 N–H and O–H groups in total. The van der Waals surface area contributed by atoms with Crippen LogP contribution in [0.5, 0.6) is 5.75 Å². The number of nitrogens with zero attached hydrogens (tertiary/aromatic N) is 1. The molecule has 1 aromatic heterocycles. The van der Waals surface area contributed by atoms with Gasteiger partial charge in [0.25, 0.3) is 0 Å². The second-order valence-corrected chi connectivity index (χ2v) is 5.20. The maximum absolute atomic E-state index is 5.95. The molecule has 0 aliphatic heterocycles. The van der Waals surface area contributed by atoms with Gasteiger partial charge in [-0.3, -0.25) is 0 Å². The number of hydrogen-bond donors (Lipinski definition) is 0. The van der Waals surface area contributed by atoms with Crippen molar-refractivity contribution >= 4 is 11.6 Å². The van der Waals surface area contributed by atoms with Crippen molar-refractivity contribution in [2.75, 3.05) is 0 Å². The van der Waals surface area contributed by atoms with Crippen LogP contribution in [0.15, 0.2) is 59.1 Å². The Kier molecular flexibility index (Phi) is 3.93. The minimum Gasteiger partial charge on any atom is -0.489 e. The average molecular weight is 300 g/mol. The third-order valence-corrected chi connectivity index (χ3v) is 3.31. The molecule has 0 saturated carbocycles. The van der Waals surface area contributed by atoms with Gasteiger partial charge in [-0.25, -0.2) is 0 Å². The lowest BCUT2D eigenvalue weighted by molar-refractivity contribution is 0.306. The summed E-state index contributed by atoms with van der Waals surface area (Å²) in [6.45, 7) is 2.36. The molecule has 0 amide bonds. The zero-order valence-electron chi connectivity index (χ0n) is 11.5. The van der Waals surface area contributed by atoms with Crippen LogP contribution in [0.2, 0.25) is 5.02 Å². The summed E-state index contributed by atoms with van der Waals surface area (Å²) in [7, 11) is 0. The quantitative estimate of drug-likeness (QED) is 0.688. The van der Waals surface area contributed by atoms with Crippen LogP contribution in [-0.4, -0.2) is 5.16 Å². The highest BCUT2D eigenvalue weighted by atomic mass is 35.5. The SMILES string of the molecule is Cc1cc(-c2ccc(OCc3cccc(Cl)c3)cc2)no1. The average Bonchev–Trinajstić information content (AvgIpc) is 2.92. The van der Waals surface area contributed by atoms with Crippen molar-refractivity contribution < 1.29 is 9.26 Å². The third kappa shape index (κ3) is 3.44. The smallest absolute Gasteiger partial charge is 0.134 e. The van der Waals surface area contributed by atoms with Gasteiger partial charge in [0.2, 0.25) is 0 Å². The Morgan fingerprint density at radius 2 is 1.90 bits per heavy atom. The zero-order chi connectivity index (χ0) is 14.7. The highest BCUT2D eigenvalue weighted by Gasteiger charge is 2.04. The van der Waals surface area contributed by atoms with Crippen LogP contribution >= 0.6 is 11.6 Å². The van der Waals surface area contributed by atoms with E-state index in [4.69, 9.17) is 20.9 Å². The van der Waals surface area contributed by atoms with Crippen LogP contribution in [0.25, 0.3) is 11.3 Å². The van der Waals surface area contributed by atoms with Crippen molar-refractivity contribution in [1.82, 2.24) is 5.16 Å². The Morgan fingerprint density at radius 3 is 2.57 bits per heavy atom. The fourth-order valence-electron chi connectivity index (χ4n) is 2.02. The zero-order valence-corrected chi connectivity index (χ0v) is 12.3. The minimum atomic E-state index is 0.489. The van der Waals surface area contributed by atoms with Crippen LogP contribution in [0.4, 0.5) is 0 Å². The van der Waals surface area contributed by atoms with E-state index in [0.717, 1.165) is 28.3 Å². The number of benzene rings is 2. The van der Waals surface area contributed by atoms with Gasteiger partial charge in [-0.15, -0.1) is 0 Å². The number of aromatic nitrogens is 1. The second-order valence-electron chi connectivity index (χ2n) is 4.77. The lowest BCUT2D eigenvalue weighted by Crippen LogP contribution is -1.95. The lowest BCUT2D eigenvalue weighted by atomic mass is 10.1. The van der Waals surface area contributed by atoms with Gasteiger partial charge in [-0.2, -0.15) is 0 Å². The molecule has 0 atom stereocenters. The summed E-state index contributed by atoms with van der Waals surface area (Å²) in [6.07, 6.45) is 0. The highest BCUT2D eigenvalue weighted by Crippen LogP contribution is 2.22. The maximum Gasteiger partial charge on any atom is 0.134 e. The molecule has 21 heavy (non-hydrogen) atoms. The summed E-state index contributed by atoms with van der Waals surface area (Å²) in [5, 5.41) is 4.70. The fraction of sp³-hybridized carbons (Fsp3) is 0.118. The first-order valence-corrected chi connectivity index (χ1v) is 6.99. The van der Waals surface area contributed by atoms with Crippen LogP contribution in [-0.2, 0) is 6.61 Å². The van der Waals surface area contributed by atoms with Crippen LogP contribution in [0.1, 0.15) is 11.3 Å². The Bertz CT molecular complexity index is 735. The van der Waals surface area contributed by atoms with Crippen LogP contribution in [0.3, 0.4) is 0 Å². The van der Waals surface area contributed by atoms with Gasteiger partial charge in [0.1, 0.15) is 23.8 Å². The standard InChI is InChI=1S/C17H14ClNO2/c1-12-9-17(19-21-12)14-5-7-16(8-6-14)20-11-13-3-2-4-15(18)10-13/h2-10H,11H2,1H3. The molecule has 0 saturated heterocycles. The molecule has 0 aliphatic carbocycles. The van der Waals surface area contributed by atoms with Gasteiger partial charge in [0.15, 0.2) is 0 Å². The summed E-state index contributed by atoms with van der Waals surface area (Å²) >= 11 is 5.95. The van der Waals surface area contributed by atoms with Gasteiger partial charge in [-0.05, 0) is 48.9 Å². The molecule has 3 nitrogen and oxygen atoms in total. The van der Waals surface area contributed by atoms with Gasteiger partial charge < -0.3 is 9.26 Å². The summed E-state index contributed by atoms with van der Waals surface area (Å²) in [6, 6.07) is 17.3. The van der Waals surface area contributed by atoms with E-state index in [1.54, 1.807) is 0 Å². The summed E-state index contributed by atoms with van der Waals surface area (Å²) in [4.78, 5) is 0. The maximum atomic E-state index is 5.95. The number of hydrogen-bond acceptors (Lipinski definition) is 3. The van der Waals surface area contributed by atoms with E-state index in [9.17, 15) is 0 Å². The molecule has 0 fully saturated rings. The largest absolute Gasteiger partial charge is 0.489 e. The summed E-state index contributed by atoms with van der Waals surface area (Å²) < 4.78 is 10.8. The van der Waals surface area contributed by atoms with Crippen molar-refractivity contribution in [3.05, 3.63) is 70.9 Å². The Labute approximate surface area is 128 Å². The van der Waals surface area contributed by atoms with Crippen molar-refractivity contribution in [2.24, 2.45) is 0 Å². The molecule has 1 heterocycles. The van der Waals surface area contributed by atoms with Gasteiger partial charge in [-0.1, -0.05) is 28.9 Å². The predicted octanol–water partition coefficient (Wildman–Crippen LogP) is 4.88. The molecule has 106 valence electrons. The molecule has 2 aromatic carbocycles. The van der Waals surface area contributed by atoms with Crippen molar-refractivity contribution in [1.29, 1.82) is 0 Å². The normalized spacial score (nSPS) is 10.6. The molecular weight excluding hydrogens is 286 g/mol. The van der Waals surface area contributed by atoms with E-state index in [-0.39, 0.29) is 0 Å². The monoisotopic (exact) mass is 299 g/mol. The molecule has 0 bridgehead atoms. The number of ether oxygens (including phenoxy) is 1. The minimum absolute atomic E-state index is 0.489. The molecule has 0 spiro atoms. The van der Waals surface area contributed by atoms with E-state index in [2.05, 4.69) is 5.16 Å². The van der Waals surface area contributed by atoms with Gasteiger partial charge >= 0.3 is 0 Å². The Balaban J connectivity index is 1.67. The fourth-order valence-corrected chi connectivity index (χ4v) is 2.23. The van der Waals surface area contributed by atoms with Crippen molar-refractivity contribution in [3.8, 4) is 17.0 Å². The molecule has 3 rings (SSSR count). The van der Waals surface area contributed by atoms with Crippen molar-refractivity contribution in [2.45, 2.75) is 13.5 Å². The topological polar surface area (TPSA) is 35.3 Å². The molecule has 4 heteroatoms.